The Balaban J connectivity index is 1.59. The summed E-state index contributed by atoms with van der Waals surface area (Å²) in [5.74, 6) is 0.176. The van der Waals surface area contributed by atoms with Gasteiger partial charge in [-0.15, -0.1) is 0 Å². The summed E-state index contributed by atoms with van der Waals surface area (Å²) in [7, 11) is 4.16. The van der Waals surface area contributed by atoms with E-state index in [2.05, 4.69) is 28.2 Å². The minimum Gasteiger partial charge on any atom is -0.356 e. The quantitative estimate of drug-likeness (QED) is 0.872. The molecule has 1 amide bonds. The minimum atomic E-state index is 0.0613. The molecule has 2 saturated heterocycles. The summed E-state index contributed by atoms with van der Waals surface area (Å²) in [5, 5.41) is 9.58. The highest BCUT2D eigenvalue weighted by Gasteiger charge is 2.41. The third kappa shape index (κ3) is 3.10. The molecule has 1 atom stereocenters. The van der Waals surface area contributed by atoms with Gasteiger partial charge in [0.05, 0.1) is 16.2 Å². The number of nitrogens with one attached hydrogen (secondary N) is 1. The van der Waals surface area contributed by atoms with Crippen LogP contribution >= 0.6 is 11.6 Å². The number of carbonyl (C=O) groups is 1. The summed E-state index contributed by atoms with van der Waals surface area (Å²) >= 11 is 6.47. The first-order valence-corrected chi connectivity index (χ1v) is 9.67. The Kier molecular flexibility index (Phi) is 4.67. The Morgan fingerprint density at radius 3 is 2.96 bits per heavy atom. The molecule has 2 fully saturated rings. The molecule has 0 bridgehead atoms. The zero-order chi connectivity index (χ0) is 18.3. The van der Waals surface area contributed by atoms with E-state index in [1.54, 1.807) is 0 Å². The molecule has 2 aliphatic rings. The van der Waals surface area contributed by atoms with Crippen molar-refractivity contribution in [3.63, 3.8) is 0 Å². The fraction of sp³-hybridized carbons (Fsp3) is 0.579. The van der Waals surface area contributed by atoms with E-state index in [0.717, 1.165) is 67.2 Å². The van der Waals surface area contributed by atoms with Crippen molar-refractivity contribution in [3.05, 3.63) is 28.9 Å². The average Bonchev–Trinajstić information content (AvgIpc) is 2.81. The average molecular weight is 376 g/mol. The van der Waals surface area contributed by atoms with E-state index in [1.165, 1.54) is 0 Å². The van der Waals surface area contributed by atoms with Crippen molar-refractivity contribution in [2.75, 3.05) is 33.2 Å². The van der Waals surface area contributed by atoms with Gasteiger partial charge in [-0.2, -0.15) is 5.10 Å². The van der Waals surface area contributed by atoms with Gasteiger partial charge in [0.1, 0.15) is 0 Å². The number of likely N-dealkylation sites (N-methyl/N-ethyl adjacent to an activating group) is 1. The van der Waals surface area contributed by atoms with E-state index in [4.69, 9.17) is 16.7 Å². The van der Waals surface area contributed by atoms with E-state index in [-0.39, 0.29) is 11.4 Å². The molecule has 3 heterocycles. The van der Waals surface area contributed by atoms with Crippen LogP contribution in [0.25, 0.3) is 10.9 Å². The number of aryl methyl sites for hydroxylation is 1. The molecule has 1 spiro atoms. The first-order chi connectivity index (χ1) is 12.5. The number of fused-ring (bicyclic) bond motifs is 1. The van der Waals surface area contributed by atoms with Crippen LogP contribution in [0.1, 0.15) is 25.0 Å². The lowest BCUT2D eigenvalue weighted by Crippen LogP contribution is -2.60. The Morgan fingerprint density at radius 2 is 2.12 bits per heavy atom. The molecule has 0 aliphatic carbocycles. The third-order valence-electron chi connectivity index (χ3n) is 6.08. The maximum Gasteiger partial charge on any atom is 0.220 e. The first-order valence-electron chi connectivity index (χ1n) is 9.29. The normalized spacial score (nSPS) is 25.6. The summed E-state index contributed by atoms with van der Waals surface area (Å²) in [6.07, 6.45) is 2.52. The summed E-state index contributed by atoms with van der Waals surface area (Å²) in [4.78, 5) is 16.7. The fourth-order valence-corrected chi connectivity index (χ4v) is 4.77. The number of piperazine rings is 1. The maximum absolute atomic E-state index is 11.8. The van der Waals surface area contributed by atoms with Crippen LogP contribution in [0.4, 0.5) is 0 Å². The number of aromatic nitrogens is 2. The van der Waals surface area contributed by atoms with Crippen molar-refractivity contribution in [3.8, 4) is 0 Å². The van der Waals surface area contributed by atoms with Crippen LogP contribution in [0.5, 0.6) is 0 Å². The van der Waals surface area contributed by atoms with E-state index >= 15 is 0 Å². The van der Waals surface area contributed by atoms with Crippen molar-refractivity contribution >= 4 is 28.4 Å². The molecule has 2 aliphatic heterocycles. The Labute approximate surface area is 159 Å². The SMILES string of the molecule is CN1CCN(Cc2nn(C)c3cccc(Cl)c23)C[C@]12CCNC(=O)CC2. The number of carbonyl (C=O) groups excluding carboxylic acids is 1. The highest BCUT2D eigenvalue weighted by molar-refractivity contribution is 6.35. The van der Waals surface area contributed by atoms with E-state index in [9.17, 15) is 4.79 Å². The first kappa shape index (κ1) is 17.8. The standard InChI is InChI=1S/C19H26ClN5O/c1-23-10-11-25(13-19(23)7-6-17(26)21-9-8-19)12-15-18-14(20)4-3-5-16(18)24(2)22-15/h3-5H,6-13H2,1-2H3,(H,21,26)/t19-/m0/s1. The van der Waals surface area contributed by atoms with Gasteiger partial charge in [0.2, 0.25) is 5.91 Å². The molecule has 0 saturated carbocycles. The molecular weight excluding hydrogens is 350 g/mol. The highest BCUT2D eigenvalue weighted by Crippen LogP contribution is 2.32. The number of hydrogen-bond donors (Lipinski definition) is 1. The van der Waals surface area contributed by atoms with Crippen molar-refractivity contribution in [1.82, 2.24) is 24.9 Å². The molecule has 1 N–H and O–H groups in total. The van der Waals surface area contributed by atoms with Crippen LogP contribution in [-0.2, 0) is 18.4 Å². The molecule has 1 aromatic carbocycles. The van der Waals surface area contributed by atoms with Gasteiger partial charge in [-0.1, -0.05) is 17.7 Å². The summed E-state index contributed by atoms with van der Waals surface area (Å²) in [6, 6.07) is 5.96. The van der Waals surface area contributed by atoms with E-state index in [1.807, 2.05) is 23.9 Å². The predicted octanol–water partition coefficient (Wildman–Crippen LogP) is 2.01. The molecule has 4 rings (SSSR count). The number of benzene rings is 1. The minimum absolute atomic E-state index is 0.0613. The van der Waals surface area contributed by atoms with Gasteiger partial charge in [0.25, 0.3) is 0 Å². The zero-order valence-corrected chi connectivity index (χ0v) is 16.2. The largest absolute Gasteiger partial charge is 0.356 e. The van der Waals surface area contributed by atoms with Crippen LogP contribution in [0.2, 0.25) is 5.02 Å². The van der Waals surface area contributed by atoms with Gasteiger partial charge in [0.15, 0.2) is 0 Å². The lowest BCUT2D eigenvalue weighted by Gasteiger charge is -2.49. The number of rotatable bonds is 2. The number of amides is 1. The van der Waals surface area contributed by atoms with Crippen molar-refractivity contribution in [2.24, 2.45) is 7.05 Å². The Hall–Kier alpha value is -1.63. The monoisotopic (exact) mass is 375 g/mol. The van der Waals surface area contributed by atoms with Crippen molar-refractivity contribution < 1.29 is 4.79 Å². The van der Waals surface area contributed by atoms with Gasteiger partial charge in [0, 0.05) is 57.1 Å². The third-order valence-corrected chi connectivity index (χ3v) is 6.40. The van der Waals surface area contributed by atoms with Gasteiger partial charge in [-0.05, 0) is 32.0 Å². The van der Waals surface area contributed by atoms with Crippen LogP contribution in [-0.4, -0.2) is 64.3 Å². The number of halogens is 1. The lowest BCUT2D eigenvalue weighted by atomic mass is 9.86. The molecular formula is C19H26ClN5O. The topological polar surface area (TPSA) is 53.4 Å². The molecule has 140 valence electrons. The van der Waals surface area contributed by atoms with Crippen LogP contribution in [0.15, 0.2) is 18.2 Å². The molecule has 7 heteroatoms. The van der Waals surface area contributed by atoms with Crippen molar-refractivity contribution in [1.29, 1.82) is 0 Å². The van der Waals surface area contributed by atoms with Gasteiger partial charge < -0.3 is 5.32 Å². The Bertz CT molecular complexity index is 835. The van der Waals surface area contributed by atoms with Crippen LogP contribution in [0, 0.1) is 0 Å². The fourth-order valence-electron chi connectivity index (χ4n) is 4.49. The smallest absolute Gasteiger partial charge is 0.220 e. The predicted molar refractivity (Wildman–Crippen MR) is 103 cm³/mol. The number of nitrogens with zero attached hydrogens (tertiary/aromatic N) is 4. The summed E-state index contributed by atoms with van der Waals surface area (Å²) in [5.41, 5.74) is 2.17. The summed E-state index contributed by atoms with van der Waals surface area (Å²) < 4.78 is 1.91. The molecule has 6 nitrogen and oxygen atoms in total. The molecule has 1 aromatic heterocycles. The van der Waals surface area contributed by atoms with Crippen LogP contribution < -0.4 is 5.32 Å². The van der Waals surface area contributed by atoms with Gasteiger partial charge >= 0.3 is 0 Å². The second-order valence-electron chi connectivity index (χ2n) is 7.66. The molecule has 0 unspecified atom stereocenters. The second kappa shape index (κ2) is 6.83. The van der Waals surface area contributed by atoms with Gasteiger partial charge in [-0.25, -0.2) is 0 Å². The molecule has 0 radical (unpaired) electrons. The van der Waals surface area contributed by atoms with Crippen LogP contribution in [0.3, 0.4) is 0 Å². The number of hydrogen-bond acceptors (Lipinski definition) is 4. The van der Waals surface area contributed by atoms with E-state index in [0.29, 0.717) is 6.42 Å². The van der Waals surface area contributed by atoms with E-state index < -0.39 is 0 Å². The molecule has 2 aromatic rings. The van der Waals surface area contributed by atoms with Gasteiger partial charge in [-0.3, -0.25) is 19.3 Å². The highest BCUT2D eigenvalue weighted by atomic mass is 35.5. The second-order valence-corrected chi connectivity index (χ2v) is 8.07. The molecule has 26 heavy (non-hydrogen) atoms. The zero-order valence-electron chi connectivity index (χ0n) is 15.5. The summed E-state index contributed by atoms with van der Waals surface area (Å²) in [6.45, 7) is 4.52. The van der Waals surface area contributed by atoms with Crippen molar-refractivity contribution in [2.45, 2.75) is 31.3 Å². The maximum atomic E-state index is 11.8. The lowest BCUT2D eigenvalue weighted by molar-refractivity contribution is -0.121. The Morgan fingerprint density at radius 1 is 1.27 bits per heavy atom.